The van der Waals surface area contributed by atoms with Crippen molar-refractivity contribution in [1.29, 1.82) is 0 Å². The molecule has 2 rings (SSSR count). The lowest BCUT2D eigenvalue weighted by Crippen LogP contribution is -2.27. The Morgan fingerprint density at radius 1 is 1.13 bits per heavy atom. The fourth-order valence-corrected chi connectivity index (χ4v) is 3.08. The molecule has 1 heterocycles. The molecule has 1 heteroatoms. The molecule has 1 nitrogen and oxygen atoms in total. The van der Waals surface area contributed by atoms with E-state index in [1.54, 1.807) is 5.70 Å². The zero-order chi connectivity index (χ0) is 10.5. The van der Waals surface area contributed by atoms with Crippen LogP contribution in [0.5, 0.6) is 0 Å². The third-order valence-electron chi connectivity index (χ3n) is 4.17. The summed E-state index contributed by atoms with van der Waals surface area (Å²) in [6.45, 7) is 3.63. The molecule has 1 fully saturated rings. The minimum Gasteiger partial charge on any atom is -0.388 e. The lowest BCUT2D eigenvalue weighted by molar-refractivity contribution is 0.341. The van der Waals surface area contributed by atoms with E-state index in [0.29, 0.717) is 0 Å². The van der Waals surface area contributed by atoms with Gasteiger partial charge in [0.2, 0.25) is 0 Å². The Labute approximate surface area is 94.3 Å². The number of hydrogen-bond donors (Lipinski definition) is 1. The maximum Gasteiger partial charge on any atom is 0.0146 e. The van der Waals surface area contributed by atoms with E-state index in [-0.39, 0.29) is 0 Å². The van der Waals surface area contributed by atoms with Gasteiger partial charge in [0.1, 0.15) is 0 Å². The first kappa shape index (κ1) is 11.0. The van der Waals surface area contributed by atoms with Gasteiger partial charge in [0.05, 0.1) is 0 Å². The van der Waals surface area contributed by atoms with Crippen LogP contribution in [0.2, 0.25) is 0 Å². The predicted octanol–water partition coefficient (Wildman–Crippen LogP) is 3.86. The van der Waals surface area contributed by atoms with Gasteiger partial charge in [-0.2, -0.15) is 0 Å². The van der Waals surface area contributed by atoms with Gasteiger partial charge in [-0.05, 0) is 37.5 Å². The molecular weight excluding hydrogens is 182 g/mol. The molecule has 0 aromatic rings. The van der Waals surface area contributed by atoms with Crippen molar-refractivity contribution >= 4 is 0 Å². The highest BCUT2D eigenvalue weighted by atomic mass is 14.9. The fraction of sp³-hybridized carbons (Fsp3) is 0.857. The van der Waals surface area contributed by atoms with E-state index >= 15 is 0 Å². The maximum absolute atomic E-state index is 3.60. The summed E-state index contributed by atoms with van der Waals surface area (Å²) in [6.07, 6.45) is 13.8. The van der Waals surface area contributed by atoms with E-state index in [0.717, 1.165) is 11.8 Å². The minimum atomic E-state index is 0.781. The highest BCUT2D eigenvalue weighted by Crippen LogP contribution is 2.32. The predicted molar refractivity (Wildman–Crippen MR) is 65.7 cm³/mol. The smallest absolute Gasteiger partial charge is 0.0146 e. The van der Waals surface area contributed by atoms with Crippen molar-refractivity contribution in [3.05, 3.63) is 11.8 Å². The molecule has 1 aliphatic heterocycles. The molecule has 0 aromatic heterocycles. The highest BCUT2D eigenvalue weighted by Gasteiger charge is 2.22. The van der Waals surface area contributed by atoms with Gasteiger partial charge >= 0.3 is 0 Å². The molecule has 0 radical (unpaired) electrons. The van der Waals surface area contributed by atoms with Crippen molar-refractivity contribution < 1.29 is 0 Å². The molecule has 1 saturated carbocycles. The van der Waals surface area contributed by atoms with Crippen LogP contribution in [-0.2, 0) is 0 Å². The highest BCUT2D eigenvalue weighted by molar-refractivity contribution is 5.07. The molecule has 1 N–H and O–H groups in total. The van der Waals surface area contributed by atoms with Crippen LogP contribution < -0.4 is 5.32 Å². The Kier molecular flexibility index (Phi) is 4.10. The Bertz CT molecular complexity index is 211. The number of rotatable bonds is 2. The molecule has 1 aliphatic carbocycles. The topological polar surface area (TPSA) is 12.0 Å². The monoisotopic (exact) mass is 207 g/mol. The normalized spacial score (nSPS) is 26.3. The van der Waals surface area contributed by atoms with Crippen molar-refractivity contribution in [2.24, 2.45) is 11.8 Å². The third kappa shape index (κ3) is 2.99. The molecule has 0 spiro atoms. The van der Waals surface area contributed by atoms with Crippen LogP contribution >= 0.6 is 0 Å². The Balaban J connectivity index is 1.92. The van der Waals surface area contributed by atoms with Crippen LogP contribution in [-0.4, -0.2) is 6.54 Å². The molecular formula is C14H25N. The first-order valence-electron chi connectivity index (χ1n) is 6.82. The first-order valence-corrected chi connectivity index (χ1v) is 6.82. The number of nitrogens with one attached hydrogen (secondary N) is 1. The quantitative estimate of drug-likeness (QED) is 0.678. The van der Waals surface area contributed by atoms with E-state index in [9.17, 15) is 0 Å². The van der Waals surface area contributed by atoms with Crippen LogP contribution in [0.25, 0.3) is 0 Å². The van der Waals surface area contributed by atoms with Gasteiger partial charge in [-0.3, -0.25) is 0 Å². The average molecular weight is 207 g/mol. The largest absolute Gasteiger partial charge is 0.388 e. The van der Waals surface area contributed by atoms with Crippen molar-refractivity contribution in [2.45, 2.75) is 58.3 Å². The SMILES string of the molecule is CC(C1=CCCCN1)C1CCCCCC1. The molecule has 0 amide bonds. The molecule has 0 saturated heterocycles. The zero-order valence-electron chi connectivity index (χ0n) is 10.1. The summed E-state index contributed by atoms with van der Waals surface area (Å²) in [4.78, 5) is 0. The average Bonchev–Trinajstić information content (AvgIpc) is 2.58. The van der Waals surface area contributed by atoms with Crippen molar-refractivity contribution in [3.63, 3.8) is 0 Å². The minimum absolute atomic E-state index is 0.781. The summed E-state index contributed by atoms with van der Waals surface area (Å²) in [6, 6.07) is 0. The second-order valence-electron chi connectivity index (χ2n) is 5.27. The third-order valence-corrected chi connectivity index (χ3v) is 4.17. The van der Waals surface area contributed by atoms with E-state index in [4.69, 9.17) is 0 Å². The molecule has 15 heavy (non-hydrogen) atoms. The lowest BCUT2D eigenvalue weighted by Gasteiger charge is -2.28. The van der Waals surface area contributed by atoms with Crippen LogP contribution in [0, 0.1) is 11.8 Å². The standard InChI is InChI=1S/C14H25N/c1-12(14-10-6-7-11-15-14)13-8-4-2-3-5-9-13/h10,12-13,15H,2-9,11H2,1H3. The first-order chi connectivity index (χ1) is 7.38. The fourth-order valence-electron chi connectivity index (χ4n) is 3.08. The summed E-state index contributed by atoms with van der Waals surface area (Å²) >= 11 is 0. The van der Waals surface area contributed by atoms with Crippen LogP contribution in [0.4, 0.5) is 0 Å². The number of allylic oxidation sites excluding steroid dienone is 2. The Morgan fingerprint density at radius 2 is 1.87 bits per heavy atom. The van der Waals surface area contributed by atoms with Gasteiger partial charge in [0, 0.05) is 12.2 Å². The van der Waals surface area contributed by atoms with E-state index in [1.165, 1.54) is 57.9 Å². The summed E-state index contributed by atoms with van der Waals surface area (Å²) in [5, 5.41) is 3.60. The lowest BCUT2D eigenvalue weighted by atomic mass is 9.84. The second-order valence-corrected chi connectivity index (χ2v) is 5.27. The van der Waals surface area contributed by atoms with Crippen molar-refractivity contribution in [2.75, 3.05) is 6.54 Å². The Hall–Kier alpha value is -0.460. The molecule has 0 bridgehead atoms. The van der Waals surface area contributed by atoms with Gasteiger partial charge in [-0.25, -0.2) is 0 Å². The zero-order valence-corrected chi connectivity index (χ0v) is 10.1. The van der Waals surface area contributed by atoms with Gasteiger partial charge in [0.25, 0.3) is 0 Å². The van der Waals surface area contributed by atoms with Crippen LogP contribution in [0.3, 0.4) is 0 Å². The molecule has 1 unspecified atom stereocenters. The number of hydrogen-bond acceptors (Lipinski definition) is 1. The van der Waals surface area contributed by atoms with Gasteiger partial charge in [-0.1, -0.05) is 38.7 Å². The summed E-state index contributed by atoms with van der Waals surface area (Å²) in [7, 11) is 0. The summed E-state index contributed by atoms with van der Waals surface area (Å²) in [5.41, 5.74) is 1.55. The van der Waals surface area contributed by atoms with E-state index in [2.05, 4.69) is 18.3 Å². The molecule has 1 atom stereocenters. The van der Waals surface area contributed by atoms with E-state index in [1.807, 2.05) is 0 Å². The van der Waals surface area contributed by atoms with Crippen LogP contribution in [0.1, 0.15) is 58.3 Å². The maximum atomic E-state index is 3.60. The molecule has 86 valence electrons. The van der Waals surface area contributed by atoms with Crippen molar-refractivity contribution in [1.82, 2.24) is 5.32 Å². The summed E-state index contributed by atoms with van der Waals surface area (Å²) in [5.74, 6) is 1.73. The van der Waals surface area contributed by atoms with Gasteiger partial charge in [-0.15, -0.1) is 0 Å². The van der Waals surface area contributed by atoms with Crippen LogP contribution in [0.15, 0.2) is 11.8 Å². The Morgan fingerprint density at radius 3 is 2.47 bits per heavy atom. The molecule has 2 aliphatic rings. The second kappa shape index (κ2) is 5.58. The van der Waals surface area contributed by atoms with E-state index < -0.39 is 0 Å². The van der Waals surface area contributed by atoms with Gasteiger partial charge < -0.3 is 5.32 Å². The van der Waals surface area contributed by atoms with Crippen molar-refractivity contribution in [3.8, 4) is 0 Å². The molecule has 0 aromatic carbocycles. The van der Waals surface area contributed by atoms with Gasteiger partial charge in [0.15, 0.2) is 0 Å². The summed E-state index contributed by atoms with van der Waals surface area (Å²) < 4.78 is 0.